The number of carbonyl (C=O) groups excluding carboxylic acids is 1. The first-order valence-electron chi connectivity index (χ1n) is 10.7. The summed E-state index contributed by atoms with van der Waals surface area (Å²) >= 11 is 12.2. The summed E-state index contributed by atoms with van der Waals surface area (Å²) in [4.78, 5) is 12.5. The minimum absolute atomic E-state index is 0.347. The second kappa shape index (κ2) is 11.2. The Morgan fingerprint density at radius 3 is 2.40 bits per heavy atom. The van der Waals surface area contributed by atoms with Crippen LogP contribution in [-0.4, -0.2) is 44.5 Å². The molecule has 1 aromatic heterocycles. The van der Waals surface area contributed by atoms with Gasteiger partial charge in [-0.05, 0) is 69.3 Å². The molecule has 0 radical (unpaired) electrons. The molecule has 1 amide bonds. The van der Waals surface area contributed by atoms with Crippen molar-refractivity contribution in [1.29, 1.82) is 0 Å². The third kappa shape index (κ3) is 6.56. The largest absolute Gasteiger partial charge is 0.494 e. The van der Waals surface area contributed by atoms with Crippen LogP contribution < -0.4 is 14.5 Å². The number of halogens is 2. The summed E-state index contributed by atoms with van der Waals surface area (Å²) in [6, 6.07) is 13.7. The molecule has 0 fully saturated rings. The van der Waals surface area contributed by atoms with Gasteiger partial charge < -0.3 is 9.30 Å². The molecular formula is C24H26Cl2N4O4S. The van der Waals surface area contributed by atoms with Gasteiger partial charge in [0.1, 0.15) is 12.3 Å². The van der Waals surface area contributed by atoms with Crippen molar-refractivity contribution in [3.63, 3.8) is 0 Å². The highest BCUT2D eigenvalue weighted by molar-refractivity contribution is 7.92. The SMILES string of the molecule is CCOc1ccc(N(CC(=O)N/N=C\c2cc(C)n(-c3ccc(Cl)c(Cl)c3)c2C)S(C)(=O)=O)cc1. The maximum absolute atomic E-state index is 12.5. The average Bonchev–Trinajstić information content (AvgIpc) is 3.07. The number of anilines is 1. The van der Waals surface area contributed by atoms with Gasteiger partial charge in [-0.25, -0.2) is 13.8 Å². The maximum Gasteiger partial charge on any atom is 0.260 e. The Labute approximate surface area is 215 Å². The topological polar surface area (TPSA) is 93.0 Å². The first kappa shape index (κ1) is 26.6. The van der Waals surface area contributed by atoms with E-state index in [9.17, 15) is 13.2 Å². The lowest BCUT2D eigenvalue weighted by atomic mass is 10.2. The molecule has 0 aliphatic heterocycles. The molecule has 11 heteroatoms. The number of hydrogen-bond donors (Lipinski definition) is 1. The molecule has 0 atom stereocenters. The standard InChI is InChI=1S/C24H26Cl2N4O4S/c1-5-34-21-9-6-19(7-10-21)29(35(4,32)33)15-24(31)28-27-14-18-12-16(2)30(17(18)3)20-8-11-22(25)23(26)13-20/h6-14H,5,15H2,1-4H3,(H,28,31)/b27-14-. The summed E-state index contributed by atoms with van der Waals surface area (Å²) in [6.45, 7) is 5.77. The Balaban J connectivity index is 1.73. The van der Waals surface area contributed by atoms with Crippen LogP contribution in [0.2, 0.25) is 10.0 Å². The van der Waals surface area contributed by atoms with Crippen LogP contribution in [0.5, 0.6) is 5.75 Å². The third-order valence-corrected chi connectivity index (χ3v) is 7.03. The molecule has 3 aromatic rings. The number of rotatable bonds is 9. The summed E-state index contributed by atoms with van der Waals surface area (Å²) in [5.74, 6) is 0.0241. The number of hydrogen-bond acceptors (Lipinski definition) is 5. The number of amides is 1. The fraction of sp³-hybridized carbons (Fsp3) is 0.250. The third-order valence-electron chi connectivity index (χ3n) is 5.15. The summed E-state index contributed by atoms with van der Waals surface area (Å²) in [7, 11) is -3.71. The molecular weight excluding hydrogens is 511 g/mol. The number of carbonyl (C=O) groups is 1. The number of ether oxygens (including phenoxy) is 1. The number of sulfonamides is 1. The minimum atomic E-state index is -3.71. The van der Waals surface area contributed by atoms with Crippen LogP contribution in [0.15, 0.2) is 53.6 Å². The van der Waals surface area contributed by atoms with Crippen molar-refractivity contribution in [1.82, 2.24) is 9.99 Å². The van der Waals surface area contributed by atoms with E-state index in [2.05, 4.69) is 10.5 Å². The van der Waals surface area contributed by atoms with Crippen molar-refractivity contribution in [2.45, 2.75) is 20.8 Å². The highest BCUT2D eigenvalue weighted by Gasteiger charge is 2.21. The molecule has 0 aliphatic rings. The highest BCUT2D eigenvalue weighted by Crippen LogP contribution is 2.27. The smallest absolute Gasteiger partial charge is 0.260 e. The van der Waals surface area contributed by atoms with Gasteiger partial charge >= 0.3 is 0 Å². The Hall–Kier alpha value is -3.01. The molecule has 2 aromatic carbocycles. The van der Waals surface area contributed by atoms with Crippen LogP contribution in [0.3, 0.4) is 0 Å². The highest BCUT2D eigenvalue weighted by atomic mass is 35.5. The molecule has 1 N–H and O–H groups in total. The van der Waals surface area contributed by atoms with Crippen molar-refractivity contribution in [2.24, 2.45) is 5.10 Å². The molecule has 1 heterocycles. The molecule has 3 rings (SSSR count). The maximum atomic E-state index is 12.5. The van der Waals surface area contributed by atoms with Crippen molar-refractivity contribution in [3.05, 3.63) is 75.5 Å². The number of hydrazone groups is 1. The van der Waals surface area contributed by atoms with E-state index in [1.165, 1.54) is 6.21 Å². The van der Waals surface area contributed by atoms with Crippen molar-refractivity contribution in [3.8, 4) is 11.4 Å². The summed E-state index contributed by atoms with van der Waals surface area (Å²) in [5.41, 5.74) is 6.19. The van der Waals surface area contributed by atoms with Gasteiger partial charge in [-0.2, -0.15) is 5.10 Å². The Bertz CT molecular complexity index is 1350. The summed E-state index contributed by atoms with van der Waals surface area (Å²) < 4.78 is 33.0. The lowest BCUT2D eigenvalue weighted by molar-refractivity contribution is -0.119. The second-order valence-electron chi connectivity index (χ2n) is 7.75. The van der Waals surface area contributed by atoms with Crippen molar-refractivity contribution >= 4 is 51.0 Å². The number of nitrogens with zero attached hydrogens (tertiary/aromatic N) is 3. The monoisotopic (exact) mass is 536 g/mol. The molecule has 0 saturated carbocycles. The normalized spacial score (nSPS) is 11.6. The van der Waals surface area contributed by atoms with Crippen LogP contribution in [0.4, 0.5) is 5.69 Å². The molecule has 186 valence electrons. The molecule has 35 heavy (non-hydrogen) atoms. The fourth-order valence-corrected chi connectivity index (χ4v) is 4.70. The average molecular weight is 537 g/mol. The van der Waals surface area contributed by atoms with Gasteiger partial charge in [-0.3, -0.25) is 9.10 Å². The number of aromatic nitrogens is 1. The van der Waals surface area contributed by atoms with Gasteiger partial charge in [-0.15, -0.1) is 0 Å². The molecule has 8 nitrogen and oxygen atoms in total. The van der Waals surface area contributed by atoms with Gasteiger partial charge in [0.05, 0.1) is 34.8 Å². The van der Waals surface area contributed by atoms with E-state index in [0.29, 0.717) is 28.1 Å². The van der Waals surface area contributed by atoms with E-state index in [0.717, 1.165) is 33.2 Å². The van der Waals surface area contributed by atoms with E-state index >= 15 is 0 Å². The van der Waals surface area contributed by atoms with Crippen molar-refractivity contribution in [2.75, 3.05) is 23.7 Å². The van der Waals surface area contributed by atoms with Crippen molar-refractivity contribution < 1.29 is 17.9 Å². The zero-order valence-corrected chi connectivity index (χ0v) is 22.1. The zero-order valence-electron chi connectivity index (χ0n) is 19.7. The van der Waals surface area contributed by atoms with Crippen LogP contribution in [0, 0.1) is 13.8 Å². The van der Waals surface area contributed by atoms with E-state index < -0.39 is 22.5 Å². The van der Waals surface area contributed by atoms with E-state index in [4.69, 9.17) is 27.9 Å². The van der Waals surface area contributed by atoms with Crippen LogP contribution in [0.25, 0.3) is 5.69 Å². The zero-order chi connectivity index (χ0) is 25.8. The van der Waals surface area contributed by atoms with E-state index in [-0.39, 0.29) is 0 Å². The number of benzene rings is 2. The van der Waals surface area contributed by atoms with Gasteiger partial charge in [0, 0.05) is 22.6 Å². The predicted molar refractivity (Wildman–Crippen MR) is 141 cm³/mol. The number of aryl methyl sites for hydroxylation is 1. The van der Waals surface area contributed by atoms with Crippen LogP contribution in [0.1, 0.15) is 23.9 Å². The van der Waals surface area contributed by atoms with Gasteiger partial charge in [0.2, 0.25) is 10.0 Å². The lowest BCUT2D eigenvalue weighted by Crippen LogP contribution is -2.39. The van der Waals surface area contributed by atoms with Gasteiger partial charge in [-0.1, -0.05) is 23.2 Å². The quantitative estimate of drug-likeness (QED) is 0.316. The molecule has 0 saturated heterocycles. The second-order valence-corrected chi connectivity index (χ2v) is 10.5. The Morgan fingerprint density at radius 1 is 1.11 bits per heavy atom. The molecule has 0 spiro atoms. The molecule has 0 aliphatic carbocycles. The first-order chi connectivity index (χ1) is 16.5. The van der Waals surface area contributed by atoms with Crippen LogP contribution in [-0.2, 0) is 14.8 Å². The Kier molecular flexibility index (Phi) is 8.47. The first-order valence-corrected chi connectivity index (χ1v) is 13.3. The van der Waals surface area contributed by atoms with Gasteiger partial charge in [0.25, 0.3) is 5.91 Å². The van der Waals surface area contributed by atoms with Gasteiger partial charge in [0.15, 0.2) is 0 Å². The molecule has 0 bridgehead atoms. The predicted octanol–water partition coefficient (Wildman–Crippen LogP) is 4.72. The fourth-order valence-electron chi connectivity index (χ4n) is 3.55. The van der Waals surface area contributed by atoms with E-state index in [1.807, 2.05) is 37.5 Å². The minimum Gasteiger partial charge on any atom is -0.494 e. The molecule has 0 unspecified atom stereocenters. The number of nitrogens with one attached hydrogen (secondary N) is 1. The summed E-state index contributed by atoms with van der Waals surface area (Å²) in [5, 5.41) is 4.94. The van der Waals surface area contributed by atoms with E-state index in [1.54, 1.807) is 36.4 Å². The Morgan fingerprint density at radius 2 is 1.80 bits per heavy atom. The van der Waals surface area contributed by atoms with Crippen LogP contribution >= 0.6 is 23.2 Å². The summed E-state index contributed by atoms with van der Waals surface area (Å²) in [6.07, 6.45) is 2.55. The lowest BCUT2D eigenvalue weighted by Gasteiger charge is -2.21.